The maximum absolute atomic E-state index is 12.3. The molecule has 1 atom stereocenters. The van der Waals surface area contributed by atoms with Crippen LogP contribution in [-0.4, -0.2) is 59.3 Å². The number of hydrogen-bond acceptors (Lipinski definition) is 4. The summed E-state index contributed by atoms with van der Waals surface area (Å²) in [5.41, 5.74) is 6.62. The molecule has 1 heterocycles. The van der Waals surface area contributed by atoms with Crippen LogP contribution < -0.4 is 5.73 Å². The minimum atomic E-state index is -0.977. The van der Waals surface area contributed by atoms with E-state index >= 15 is 0 Å². The fourth-order valence-corrected chi connectivity index (χ4v) is 2.46. The molecule has 120 valence electrons. The molecule has 2 rings (SSSR count). The number of ether oxygens (including phenoxy) is 1. The van der Waals surface area contributed by atoms with Gasteiger partial charge in [-0.3, -0.25) is 0 Å². The fraction of sp³-hybridized carbons (Fsp3) is 0.467. The third kappa shape index (κ3) is 4.11. The first-order chi connectivity index (χ1) is 10.6. The molecule has 1 aromatic rings. The van der Waals surface area contributed by atoms with Crippen LogP contribution in [0.15, 0.2) is 30.3 Å². The van der Waals surface area contributed by atoms with E-state index in [0.717, 1.165) is 5.56 Å². The Bertz CT molecular complexity index is 509. The first kappa shape index (κ1) is 16.1. The van der Waals surface area contributed by atoms with Gasteiger partial charge in [-0.2, -0.15) is 0 Å². The van der Waals surface area contributed by atoms with E-state index in [2.05, 4.69) is 0 Å². The lowest BCUT2D eigenvalue weighted by Gasteiger charge is -2.27. The fourth-order valence-electron chi connectivity index (χ4n) is 2.46. The minimum absolute atomic E-state index is 0.191. The van der Waals surface area contributed by atoms with Gasteiger partial charge in [-0.05, 0) is 12.0 Å². The zero-order valence-electron chi connectivity index (χ0n) is 12.4. The molecule has 22 heavy (non-hydrogen) atoms. The first-order valence-electron chi connectivity index (χ1n) is 7.27. The van der Waals surface area contributed by atoms with Crippen LogP contribution in [-0.2, 0) is 11.3 Å². The summed E-state index contributed by atoms with van der Waals surface area (Å²) >= 11 is 0. The van der Waals surface area contributed by atoms with Crippen molar-refractivity contribution in [2.45, 2.75) is 19.1 Å². The van der Waals surface area contributed by atoms with Crippen LogP contribution in [0.3, 0.4) is 0 Å². The molecule has 7 nitrogen and oxygen atoms in total. The van der Waals surface area contributed by atoms with Crippen LogP contribution in [0.25, 0.3) is 0 Å². The number of nitrogens with zero attached hydrogens (tertiary/aromatic N) is 2. The summed E-state index contributed by atoms with van der Waals surface area (Å²) in [4.78, 5) is 26.1. The Labute approximate surface area is 129 Å². The van der Waals surface area contributed by atoms with Crippen LogP contribution in [0.4, 0.5) is 9.59 Å². The zero-order valence-corrected chi connectivity index (χ0v) is 12.4. The number of carboxylic acid groups (broad SMARTS) is 1. The predicted molar refractivity (Wildman–Crippen MR) is 80.4 cm³/mol. The molecule has 1 aliphatic heterocycles. The second-order valence-corrected chi connectivity index (χ2v) is 5.18. The normalized spacial score (nSPS) is 18.7. The average Bonchev–Trinajstić information content (AvgIpc) is 2.76. The quantitative estimate of drug-likeness (QED) is 0.878. The first-order valence-corrected chi connectivity index (χ1v) is 7.27. The standard InChI is InChI=1S/C15H21N3O4/c16-10-13-6-7-17(14(19)20)8-9-18(13)15(21)22-11-12-4-2-1-3-5-12/h1-5,13H,6-11,16H2,(H,19,20). The molecular weight excluding hydrogens is 286 g/mol. The highest BCUT2D eigenvalue weighted by atomic mass is 16.6. The molecule has 0 spiro atoms. The molecule has 3 N–H and O–H groups in total. The van der Waals surface area contributed by atoms with Crippen molar-refractivity contribution in [3.8, 4) is 0 Å². The van der Waals surface area contributed by atoms with Gasteiger partial charge in [0.1, 0.15) is 6.61 Å². The average molecular weight is 307 g/mol. The highest BCUT2D eigenvalue weighted by Crippen LogP contribution is 2.13. The molecule has 1 aliphatic rings. The Morgan fingerprint density at radius 1 is 1.23 bits per heavy atom. The second kappa shape index (κ2) is 7.65. The van der Waals surface area contributed by atoms with Crippen molar-refractivity contribution in [1.82, 2.24) is 9.80 Å². The highest BCUT2D eigenvalue weighted by Gasteiger charge is 2.29. The van der Waals surface area contributed by atoms with Crippen LogP contribution in [0, 0.1) is 0 Å². The number of amides is 2. The lowest BCUT2D eigenvalue weighted by atomic mass is 10.2. The number of hydrogen-bond donors (Lipinski definition) is 2. The van der Waals surface area contributed by atoms with E-state index in [4.69, 9.17) is 15.6 Å². The zero-order chi connectivity index (χ0) is 15.9. The molecular formula is C15H21N3O4. The van der Waals surface area contributed by atoms with Crippen LogP contribution in [0.5, 0.6) is 0 Å². The van der Waals surface area contributed by atoms with E-state index in [1.54, 1.807) is 0 Å². The van der Waals surface area contributed by atoms with E-state index in [1.807, 2.05) is 30.3 Å². The Morgan fingerprint density at radius 3 is 2.59 bits per heavy atom. The van der Waals surface area contributed by atoms with E-state index in [1.165, 1.54) is 9.80 Å². The van der Waals surface area contributed by atoms with Crippen molar-refractivity contribution in [3.63, 3.8) is 0 Å². The Kier molecular flexibility index (Phi) is 5.60. The Morgan fingerprint density at radius 2 is 1.95 bits per heavy atom. The number of benzene rings is 1. The molecule has 0 bridgehead atoms. The van der Waals surface area contributed by atoms with Gasteiger partial charge in [-0.15, -0.1) is 0 Å². The molecule has 0 radical (unpaired) electrons. The molecule has 2 amide bonds. The molecule has 0 aliphatic carbocycles. The molecule has 1 fully saturated rings. The molecule has 1 saturated heterocycles. The third-order valence-electron chi connectivity index (χ3n) is 3.77. The summed E-state index contributed by atoms with van der Waals surface area (Å²) in [6, 6.07) is 9.20. The summed E-state index contributed by atoms with van der Waals surface area (Å²) in [5, 5.41) is 9.06. The molecule has 1 aromatic carbocycles. The maximum atomic E-state index is 12.3. The van der Waals surface area contributed by atoms with Gasteiger partial charge in [-0.25, -0.2) is 9.59 Å². The van der Waals surface area contributed by atoms with Gasteiger partial charge >= 0.3 is 12.2 Å². The molecule has 0 aromatic heterocycles. The van der Waals surface area contributed by atoms with Gasteiger partial charge in [0.25, 0.3) is 0 Å². The molecule has 1 unspecified atom stereocenters. The highest BCUT2D eigenvalue weighted by molar-refractivity contribution is 5.69. The number of rotatable bonds is 3. The summed E-state index contributed by atoms with van der Waals surface area (Å²) in [6.07, 6.45) is -0.912. The second-order valence-electron chi connectivity index (χ2n) is 5.18. The maximum Gasteiger partial charge on any atom is 0.410 e. The number of nitrogens with two attached hydrogens (primary N) is 1. The van der Waals surface area contributed by atoms with E-state index < -0.39 is 12.2 Å². The van der Waals surface area contributed by atoms with Crippen molar-refractivity contribution < 1.29 is 19.4 Å². The van der Waals surface area contributed by atoms with E-state index in [0.29, 0.717) is 19.5 Å². The SMILES string of the molecule is NCC1CCN(C(=O)O)CCN1C(=O)OCc1ccccc1. The van der Waals surface area contributed by atoms with Gasteiger partial charge in [0.15, 0.2) is 0 Å². The van der Waals surface area contributed by atoms with Crippen molar-refractivity contribution in [2.75, 3.05) is 26.2 Å². The monoisotopic (exact) mass is 307 g/mol. The minimum Gasteiger partial charge on any atom is -0.465 e. The Hall–Kier alpha value is -2.28. The van der Waals surface area contributed by atoms with Crippen LogP contribution in [0.1, 0.15) is 12.0 Å². The van der Waals surface area contributed by atoms with E-state index in [-0.39, 0.29) is 25.7 Å². The summed E-state index contributed by atoms with van der Waals surface area (Å²) < 4.78 is 5.32. The smallest absolute Gasteiger partial charge is 0.410 e. The summed E-state index contributed by atoms with van der Waals surface area (Å²) in [6.45, 7) is 1.41. The summed E-state index contributed by atoms with van der Waals surface area (Å²) in [7, 11) is 0. The van der Waals surface area contributed by atoms with Gasteiger partial charge in [-0.1, -0.05) is 30.3 Å². The largest absolute Gasteiger partial charge is 0.465 e. The van der Waals surface area contributed by atoms with Gasteiger partial charge in [0.2, 0.25) is 0 Å². The topological polar surface area (TPSA) is 96.1 Å². The number of carbonyl (C=O) groups excluding carboxylic acids is 1. The predicted octanol–water partition coefficient (Wildman–Crippen LogP) is 1.34. The van der Waals surface area contributed by atoms with Gasteiger partial charge in [0, 0.05) is 32.2 Å². The third-order valence-corrected chi connectivity index (χ3v) is 3.77. The molecule has 7 heteroatoms. The van der Waals surface area contributed by atoms with E-state index in [9.17, 15) is 9.59 Å². The van der Waals surface area contributed by atoms with Crippen LogP contribution >= 0.6 is 0 Å². The van der Waals surface area contributed by atoms with Crippen LogP contribution in [0.2, 0.25) is 0 Å². The van der Waals surface area contributed by atoms with Crippen molar-refractivity contribution in [1.29, 1.82) is 0 Å². The lowest BCUT2D eigenvalue weighted by molar-refractivity contribution is 0.0829. The Balaban J connectivity index is 1.95. The number of carbonyl (C=O) groups is 2. The summed E-state index contributed by atoms with van der Waals surface area (Å²) in [5.74, 6) is 0. The van der Waals surface area contributed by atoms with Crippen molar-refractivity contribution in [2.24, 2.45) is 5.73 Å². The van der Waals surface area contributed by atoms with Crippen molar-refractivity contribution in [3.05, 3.63) is 35.9 Å². The van der Waals surface area contributed by atoms with Gasteiger partial charge < -0.3 is 25.4 Å². The lowest BCUT2D eigenvalue weighted by Crippen LogP contribution is -2.45. The molecule has 0 saturated carbocycles. The van der Waals surface area contributed by atoms with Crippen molar-refractivity contribution >= 4 is 12.2 Å². The van der Waals surface area contributed by atoms with Gasteiger partial charge in [0.05, 0.1) is 0 Å².